The van der Waals surface area contributed by atoms with Gasteiger partial charge in [-0.25, -0.2) is 0 Å². The zero-order chi connectivity index (χ0) is 11.1. The van der Waals surface area contributed by atoms with E-state index in [1.165, 1.54) is 25.7 Å². The maximum absolute atomic E-state index is 11.8. The maximum Gasteiger partial charge on any atom is 0.325 e. The summed E-state index contributed by atoms with van der Waals surface area (Å²) in [4.78, 5) is 14.2. The molecule has 0 N–H and O–H groups in total. The van der Waals surface area contributed by atoms with Gasteiger partial charge in [-0.1, -0.05) is 12.8 Å². The molecule has 0 aromatic rings. The number of carbonyl (C=O) groups is 1. The van der Waals surface area contributed by atoms with Gasteiger partial charge in [0.1, 0.15) is 6.04 Å². The zero-order valence-electron chi connectivity index (χ0n) is 9.95. The molecule has 2 unspecified atom stereocenters. The Kier molecular flexibility index (Phi) is 2.75. The van der Waals surface area contributed by atoms with Crippen molar-refractivity contribution in [2.75, 3.05) is 6.61 Å². The minimum atomic E-state index is -0.00639. The van der Waals surface area contributed by atoms with Crippen LogP contribution in [0.3, 0.4) is 0 Å². The van der Waals surface area contributed by atoms with Gasteiger partial charge in [0.05, 0.1) is 6.61 Å². The van der Waals surface area contributed by atoms with Crippen molar-refractivity contribution in [2.24, 2.45) is 0 Å². The summed E-state index contributed by atoms with van der Waals surface area (Å²) in [5.74, 6) is -0.00639. The quantitative estimate of drug-likeness (QED) is 0.528. The summed E-state index contributed by atoms with van der Waals surface area (Å²) in [5.41, 5.74) is 0.181. The molecule has 1 aliphatic carbocycles. The third kappa shape index (κ3) is 1.57. The van der Waals surface area contributed by atoms with Crippen molar-refractivity contribution >= 4 is 5.97 Å². The van der Waals surface area contributed by atoms with E-state index in [0.717, 1.165) is 0 Å². The molecule has 3 nitrogen and oxygen atoms in total. The lowest BCUT2D eigenvalue weighted by molar-refractivity contribution is -0.143. The molecule has 3 heteroatoms. The van der Waals surface area contributed by atoms with Gasteiger partial charge >= 0.3 is 5.97 Å². The monoisotopic (exact) mass is 211 g/mol. The van der Waals surface area contributed by atoms with E-state index < -0.39 is 0 Å². The smallest absolute Gasteiger partial charge is 0.325 e. The van der Waals surface area contributed by atoms with Crippen molar-refractivity contribution in [3.63, 3.8) is 0 Å². The van der Waals surface area contributed by atoms with Crippen molar-refractivity contribution in [3.05, 3.63) is 0 Å². The average molecular weight is 211 g/mol. The minimum Gasteiger partial charge on any atom is -0.465 e. The normalized spacial score (nSPS) is 32.3. The number of carbonyl (C=O) groups excluding carboxylic acids is 1. The molecule has 1 heterocycles. The molecule has 2 atom stereocenters. The summed E-state index contributed by atoms with van der Waals surface area (Å²) < 4.78 is 5.15. The highest BCUT2D eigenvalue weighted by molar-refractivity contribution is 5.82. The third-order valence-corrected chi connectivity index (χ3v) is 3.77. The Hall–Kier alpha value is -0.570. The van der Waals surface area contributed by atoms with Gasteiger partial charge in [-0.15, -0.1) is 0 Å². The summed E-state index contributed by atoms with van der Waals surface area (Å²) in [6, 6.07) is 0.512. The molecule has 2 fully saturated rings. The number of esters is 1. The first-order chi connectivity index (χ1) is 7.13. The molecule has 2 rings (SSSR count). The highest BCUT2D eigenvalue weighted by atomic mass is 16.5. The Morgan fingerprint density at radius 2 is 2.07 bits per heavy atom. The molecule has 0 bridgehead atoms. The Balaban J connectivity index is 2.08. The van der Waals surface area contributed by atoms with E-state index in [2.05, 4.69) is 18.7 Å². The third-order valence-electron chi connectivity index (χ3n) is 3.77. The molecule has 1 spiro atoms. The first-order valence-electron chi connectivity index (χ1n) is 6.08. The predicted molar refractivity (Wildman–Crippen MR) is 58.6 cm³/mol. The predicted octanol–water partition coefficient (Wildman–Crippen LogP) is 1.95. The van der Waals surface area contributed by atoms with Gasteiger partial charge in [0, 0.05) is 11.6 Å². The SMILES string of the molecule is CCOC(=O)C1N(C(C)C)C12CCCC2. The van der Waals surface area contributed by atoms with Gasteiger partial charge in [0.25, 0.3) is 0 Å². The van der Waals surface area contributed by atoms with E-state index in [9.17, 15) is 4.79 Å². The molecule has 2 aliphatic rings. The van der Waals surface area contributed by atoms with Gasteiger partial charge < -0.3 is 4.74 Å². The summed E-state index contributed by atoms with van der Waals surface area (Å²) >= 11 is 0. The molecular weight excluding hydrogens is 190 g/mol. The van der Waals surface area contributed by atoms with Crippen molar-refractivity contribution < 1.29 is 9.53 Å². The van der Waals surface area contributed by atoms with Gasteiger partial charge in [0.2, 0.25) is 0 Å². The topological polar surface area (TPSA) is 29.3 Å². The molecule has 0 radical (unpaired) electrons. The van der Waals surface area contributed by atoms with Crippen LogP contribution >= 0.6 is 0 Å². The fraction of sp³-hybridized carbons (Fsp3) is 0.917. The van der Waals surface area contributed by atoms with E-state index in [1.807, 2.05) is 6.92 Å². The van der Waals surface area contributed by atoms with Crippen LogP contribution in [-0.2, 0) is 9.53 Å². The van der Waals surface area contributed by atoms with Crippen LogP contribution in [0, 0.1) is 0 Å². The lowest BCUT2D eigenvalue weighted by atomic mass is 10.0. The van der Waals surface area contributed by atoms with E-state index >= 15 is 0 Å². The molecule has 1 saturated heterocycles. The minimum absolute atomic E-state index is 0.00639. The summed E-state index contributed by atoms with van der Waals surface area (Å²) in [7, 11) is 0. The number of nitrogens with zero attached hydrogens (tertiary/aromatic N) is 1. The van der Waals surface area contributed by atoms with Gasteiger partial charge in [-0.2, -0.15) is 0 Å². The number of rotatable bonds is 3. The summed E-state index contributed by atoms with van der Waals surface area (Å²) in [6.45, 7) is 6.71. The standard InChI is InChI=1S/C12H21NO2/c1-4-15-11(14)10-12(7-5-6-8-12)13(10)9(2)3/h9-10H,4-8H2,1-3H3. The van der Waals surface area contributed by atoms with Crippen LogP contribution in [0.25, 0.3) is 0 Å². The molecular formula is C12H21NO2. The largest absolute Gasteiger partial charge is 0.465 e. The fourth-order valence-corrected chi connectivity index (χ4v) is 3.28. The Bertz CT molecular complexity index is 256. The molecule has 0 amide bonds. The van der Waals surface area contributed by atoms with E-state index in [0.29, 0.717) is 12.6 Å². The second kappa shape index (κ2) is 3.78. The first-order valence-corrected chi connectivity index (χ1v) is 6.08. The Morgan fingerprint density at radius 3 is 2.53 bits per heavy atom. The number of hydrogen-bond acceptors (Lipinski definition) is 3. The fourth-order valence-electron chi connectivity index (χ4n) is 3.28. The van der Waals surface area contributed by atoms with Gasteiger partial charge in [0.15, 0.2) is 0 Å². The van der Waals surface area contributed by atoms with Crippen molar-refractivity contribution in [1.82, 2.24) is 4.90 Å². The first kappa shape index (κ1) is 10.9. The van der Waals surface area contributed by atoms with Crippen molar-refractivity contribution in [3.8, 4) is 0 Å². The van der Waals surface area contributed by atoms with Crippen LogP contribution in [0.2, 0.25) is 0 Å². The van der Waals surface area contributed by atoms with Crippen LogP contribution in [0.15, 0.2) is 0 Å². The van der Waals surface area contributed by atoms with Crippen LogP contribution in [0.1, 0.15) is 46.5 Å². The Labute approximate surface area is 91.8 Å². The van der Waals surface area contributed by atoms with E-state index in [4.69, 9.17) is 4.74 Å². The molecule has 86 valence electrons. The molecule has 1 saturated carbocycles. The van der Waals surface area contributed by atoms with E-state index in [-0.39, 0.29) is 17.6 Å². The van der Waals surface area contributed by atoms with Crippen LogP contribution in [0.5, 0.6) is 0 Å². The zero-order valence-corrected chi connectivity index (χ0v) is 9.95. The maximum atomic E-state index is 11.8. The number of ether oxygens (including phenoxy) is 1. The summed E-state index contributed by atoms with van der Waals surface area (Å²) in [5, 5.41) is 0. The van der Waals surface area contributed by atoms with Crippen LogP contribution in [-0.4, -0.2) is 35.1 Å². The van der Waals surface area contributed by atoms with Crippen molar-refractivity contribution in [2.45, 2.75) is 64.1 Å². The highest BCUT2D eigenvalue weighted by Crippen LogP contribution is 2.54. The van der Waals surface area contributed by atoms with Crippen LogP contribution < -0.4 is 0 Å². The number of hydrogen-bond donors (Lipinski definition) is 0. The lowest BCUT2D eigenvalue weighted by Gasteiger charge is -2.12. The van der Waals surface area contributed by atoms with Crippen LogP contribution in [0.4, 0.5) is 0 Å². The second-order valence-electron chi connectivity index (χ2n) is 4.97. The van der Waals surface area contributed by atoms with E-state index in [1.54, 1.807) is 0 Å². The van der Waals surface area contributed by atoms with Gasteiger partial charge in [-0.05, 0) is 33.6 Å². The average Bonchev–Trinajstić information content (AvgIpc) is 2.54. The molecule has 0 aromatic carbocycles. The highest BCUT2D eigenvalue weighted by Gasteiger charge is 2.68. The molecule has 0 aromatic heterocycles. The lowest BCUT2D eigenvalue weighted by Crippen LogP contribution is -2.20. The Morgan fingerprint density at radius 1 is 1.47 bits per heavy atom. The summed E-state index contributed by atoms with van der Waals surface area (Å²) in [6.07, 6.45) is 4.88. The van der Waals surface area contributed by atoms with Crippen molar-refractivity contribution in [1.29, 1.82) is 0 Å². The van der Waals surface area contributed by atoms with Gasteiger partial charge in [-0.3, -0.25) is 9.69 Å². The molecule has 15 heavy (non-hydrogen) atoms. The molecule has 1 aliphatic heterocycles. The second-order valence-corrected chi connectivity index (χ2v) is 4.97.